The molecule has 0 atom stereocenters. The Hall–Kier alpha value is -4.79. The summed E-state index contributed by atoms with van der Waals surface area (Å²) in [5.74, 6) is -2.81. The Morgan fingerprint density at radius 1 is 0.778 bits per heavy atom. The van der Waals surface area contributed by atoms with Crippen molar-refractivity contribution in [2.75, 3.05) is 18.5 Å². The minimum atomic E-state index is -0.813. The van der Waals surface area contributed by atoms with Crippen molar-refractivity contribution in [1.82, 2.24) is 4.90 Å². The van der Waals surface area contributed by atoms with Crippen molar-refractivity contribution >= 4 is 35.3 Å². The van der Waals surface area contributed by atoms with E-state index in [4.69, 9.17) is 9.47 Å². The lowest BCUT2D eigenvalue weighted by atomic mass is 10.1. The maximum Gasteiger partial charge on any atom is 0.338 e. The molecule has 1 aliphatic heterocycles. The maximum absolute atomic E-state index is 12.8. The van der Waals surface area contributed by atoms with Crippen LogP contribution < -0.4 is 5.32 Å². The molecule has 4 rings (SSSR count). The van der Waals surface area contributed by atoms with Gasteiger partial charge in [-0.05, 0) is 55.0 Å². The fourth-order valence-electron chi connectivity index (χ4n) is 3.64. The molecule has 3 aromatic carbocycles. The van der Waals surface area contributed by atoms with Gasteiger partial charge in [-0.15, -0.1) is 0 Å². The van der Waals surface area contributed by atoms with Gasteiger partial charge in [0.1, 0.15) is 0 Å². The number of nitrogens with one attached hydrogen (secondary N) is 1. The number of anilines is 1. The van der Waals surface area contributed by atoms with Crippen molar-refractivity contribution in [2.24, 2.45) is 0 Å². The molecule has 1 aliphatic rings. The molecule has 0 saturated carbocycles. The van der Waals surface area contributed by atoms with E-state index in [1.54, 1.807) is 6.92 Å². The first-order valence-corrected chi connectivity index (χ1v) is 11.2. The van der Waals surface area contributed by atoms with E-state index in [0.29, 0.717) is 11.3 Å². The Balaban J connectivity index is 1.35. The van der Waals surface area contributed by atoms with Gasteiger partial charge in [-0.3, -0.25) is 19.3 Å². The highest BCUT2D eigenvalue weighted by Gasteiger charge is 2.36. The molecule has 0 radical (unpaired) electrons. The van der Waals surface area contributed by atoms with Gasteiger partial charge in [-0.1, -0.05) is 30.3 Å². The van der Waals surface area contributed by atoms with Crippen molar-refractivity contribution in [3.8, 4) is 0 Å². The van der Waals surface area contributed by atoms with E-state index in [-0.39, 0.29) is 29.8 Å². The van der Waals surface area contributed by atoms with Gasteiger partial charge in [0, 0.05) is 5.69 Å². The number of amides is 3. The molecule has 9 nitrogen and oxygen atoms in total. The predicted molar refractivity (Wildman–Crippen MR) is 128 cm³/mol. The molecular weight excluding hydrogens is 464 g/mol. The molecule has 0 aromatic heterocycles. The molecule has 1 heterocycles. The Morgan fingerprint density at radius 3 is 2.11 bits per heavy atom. The summed E-state index contributed by atoms with van der Waals surface area (Å²) in [7, 11) is 0. The molecule has 0 aliphatic carbocycles. The standard InChI is InChI=1S/C27H22N2O7/c1-2-35-26(33)18-8-11-20(12-9-18)28-23(30)16-36-27(34)19-10-13-21-22(14-19)25(32)29(24(21)31)15-17-6-4-3-5-7-17/h3-14H,2,15-16H2,1H3,(H,28,30). The molecule has 0 unspecified atom stereocenters. The summed E-state index contributed by atoms with van der Waals surface area (Å²) in [6, 6.07) is 19.2. The Bertz CT molecular complexity index is 1330. The molecule has 3 aromatic rings. The zero-order valence-electron chi connectivity index (χ0n) is 19.4. The lowest BCUT2D eigenvalue weighted by Gasteiger charge is -2.13. The van der Waals surface area contributed by atoms with E-state index in [2.05, 4.69) is 5.32 Å². The Morgan fingerprint density at radius 2 is 1.42 bits per heavy atom. The lowest BCUT2D eigenvalue weighted by Crippen LogP contribution is -2.29. The van der Waals surface area contributed by atoms with Crippen molar-refractivity contribution < 1.29 is 33.4 Å². The van der Waals surface area contributed by atoms with Crippen LogP contribution in [-0.4, -0.2) is 47.8 Å². The zero-order chi connectivity index (χ0) is 25.7. The van der Waals surface area contributed by atoms with Gasteiger partial charge >= 0.3 is 11.9 Å². The van der Waals surface area contributed by atoms with Crippen LogP contribution in [0.3, 0.4) is 0 Å². The number of rotatable bonds is 8. The second-order valence-corrected chi connectivity index (χ2v) is 7.86. The normalized spacial score (nSPS) is 12.2. The highest BCUT2D eigenvalue weighted by Crippen LogP contribution is 2.26. The van der Waals surface area contributed by atoms with E-state index in [9.17, 15) is 24.0 Å². The van der Waals surface area contributed by atoms with Crippen LogP contribution in [0.15, 0.2) is 72.8 Å². The van der Waals surface area contributed by atoms with Crippen molar-refractivity contribution in [1.29, 1.82) is 0 Å². The lowest BCUT2D eigenvalue weighted by molar-refractivity contribution is -0.119. The summed E-state index contributed by atoms with van der Waals surface area (Å²) in [5.41, 5.74) is 1.90. The number of imide groups is 1. The molecule has 0 fully saturated rings. The summed E-state index contributed by atoms with van der Waals surface area (Å²) in [5, 5.41) is 2.56. The van der Waals surface area contributed by atoms with Gasteiger partial charge < -0.3 is 14.8 Å². The van der Waals surface area contributed by atoms with Crippen LogP contribution >= 0.6 is 0 Å². The van der Waals surface area contributed by atoms with Crippen LogP contribution in [-0.2, 0) is 20.8 Å². The summed E-state index contributed by atoms with van der Waals surface area (Å²) >= 11 is 0. The van der Waals surface area contributed by atoms with Gasteiger partial charge in [0.2, 0.25) is 0 Å². The van der Waals surface area contributed by atoms with Crippen molar-refractivity contribution in [2.45, 2.75) is 13.5 Å². The average Bonchev–Trinajstić information content (AvgIpc) is 3.12. The highest BCUT2D eigenvalue weighted by molar-refractivity contribution is 6.21. The number of nitrogens with zero attached hydrogens (tertiary/aromatic N) is 1. The zero-order valence-corrected chi connectivity index (χ0v) is 19.4. The molecule has 0 saturated heterocycles. The van der Waals surface area contributed by atoms with E-state index in [1.807, 2.05) is 30.3 Å². The molecule has 9 heteroatoms. The van der Waals surface area contributed by atoms with E-state index in [0.717, 1.165) is 10.5 Å². The minimum absolute atomic E-state index is 0.0445. The van der Waals surface area contributed by atoms with Gasteiger partial charge in [0.05, 0.1) is 35.4 Å². The Labute approximate surface area is 206 Å². The van der Waals surface area contributed by atoms with Crippen molar-refractivity contribution in [3.05, 3.63) is 101 Å². The third-order valence-electron chi connectivity index (χ3n) is 5.40. The van der Waals surface area contributed by atoms with Crippen LogP contribution in [0.5, 0.6) is 0 Å². The largest absolute Gasteiger partial charge is 0.462 e. The van der Waals surface area contributed by atoms with Crippen LogP contribution in [0.2, 0.25) is 0 Å². The van der Waals surface area contributed by atoms with E-state index >= 15 is 0 Å². The van der Waals surface area contributed by atoms with Crippen LogP contribution in [0.1, 0.15) is 53.9 Å². The number of esters is 2. The molecule has 36 heavy (non-hydrogen) atoms. The number of hydrogen-bond donors (Lipinski definition) is 1. The predicted octanol–water partition coefficient (Wildman–Crippen LogP) is 3.46. The maximum atomic E-state index is 12.8. The number of ether oxygens (including phenoxy) is 2. The second kappa shape index (κ2) is 10.6. The van der Waals surface area contributed by atoms with Crippen LogP contribution in [0.25, 0.3) is 0 Å². The first-order chi connectivity index (χ1) is 17.4. The first-order valence-electron chi connectivity index (χ1n) is 11.2. The molecule has 1 N–H and O–H groups in total. The monoisotopic (exact) mass is 486 g/mol. The van der Waals surface area contributed by atoms with Gasteiger partial charge in [-0.2, -0.15) is 0 Å². The second-order valence-electron chi connectivity index (χ2n) is 7.86. The van der Waals surface area contributed by atoms with Crippen LogP contribution in [0, 0.1) is 0 Å². The Kier molecular flexibility index (Phi) is 7.20. The summed E-state index contributed by atoms with van der Waals surface area (Å²) in [6.45, 7) is 1.51. The summed E-state index contributed by atoms with van der Waals surface area (Å²) in [6.07, 6.45) is 0. The first kappa shape index (κ1) is 24.3. The van der Waals surface area contributed by atoms with Gasteiger partial charge in [-0.25, -0.2) is 9.59 Å². The highest BCUT2D eigenvalue weighted by atomic mass is 16.5. The summed E-state index contributed by atoms with van der Waals surface area (Å²) in [4.78, 5) is 63.0. The average molecular weight is 486 g/mol. The van der Waals surface area contributed by atoms with E-state index < -0.39 is 36.3 Å². The number of hydrogen-bond acceptors (Lipinski definition) is 7. The minimum Gasteiger partial charge on any atom is -0.462 e. The number of benzene rings is 3. The van der Waals surface area contributed by atoms with Gasteiger partial charge in [0.25, 0.3) is 17.7 Å². The fourth-order valence-corrected chi connectivity index (χ4v) is 3.64. The molecule has 0 bridgehead atoms. The number of carbonyl (C=O) groups is 5. The quantitative estimate of drug-likeness (QED) is 0.383. The van der Waals surface area contributed by atoms with Crippen molar-refractivity contribution in [3.63, 3.8) is 0 Å². The third kappa shape index (κ3) is 5.30. The van der Waals surface area contributed by atoms with Crippen LogP contribution in [0.4, 0.5) is 5.69 Å². The summed E-state index contributed by atoms with van der Waals surface area (Å²) < 4.78 is 9.97. The fraction of sp³-hybridized carbons (Fsp3) is 0.148. The molecule has 3 amide bonds. The number of fused-ring (bicyclic) bond motifs is 1. The smallest absolute Gasteiger partial charge is 0.338 e. The molecule has 0 spiro atoms. The molecular formula is C27H22N2O7. The topological polar surface area (TPSA) is 119 Å². The third-order valence-corrected chi connectivity index (χ3v) is 5.40. The van der Waals surface area contributed by atoms with E-state index in [1.165, 1.54) is 42.5 Å². The SMILES string of the molecule is CCOC(=O)c1ccc(NC(=O)COC(=O)c2ccc3c(c2)C(=O)N(Cc2ccccc2)C3=O)cc1. The molecule has 182 valence electrons. The van der Waals surface area contributed by atoms with Gasteiger partial charge in [0.15, 0.2) is 6.61 Å². The number of carbonyl (C=O) groups excluding carboxylic acids is 5.